The van der Waals surface area contributed by atoms with Crippen LogP contribution in [0, 0.1) is 16.0 Å². The van der Waals surface area contributed by atoms with Crippen LogP contribution in [0.4, 0.5) is 11.4 Å². The summed E-state index contributed by atoms with van der Waals surface area (Å²) < 4.78 is 23.8. The molecule has 0 saturated carbocycles. The number of sulfone groups is 1. The van der Waals surface area contributed by atoms with Gasteiger partial charge in [-0.3, -0.25) is 14.9 Å². The van der Waals surface area contributed by atoms with Crippen LogP contribution in [-0.2, 0) is 14.6 Å². The average Bonchev–Trinajstić information content (AvgIpc) is 2.58. The highest BCUT2D eigenvalue weighted by Gasteiger charge is 2.28. The third kappa shape index (κ3) is 4.68. The van der Waals surface area contributed by atoms with Gasteiger partial charge in [-0.15, -0.1) is 0 Å². The molecule has 0 radical (unpaired) electrons. The molecule has 1 atom stereocenters. The SMILES string of the molecule is CCCNC(=O)C1CCCN(c2ccc([N+](=O)[O-])c(S(C)(=O)=O)c2)C1. The van der Waals surface area contributed by atoms with Gasteiger partial charge in [-0.1, -0.05) is 6.92 Å². The largest absolute Gasteiger partial charge is 0.371 e. The lowest BCUT2D eigenvalue weighted by atomic mass is 9.96. The number of amides is 1. The number of piperidine rings is 1. The van der Waals surface area contributed by atoms with E-state index in [0.717, 1.165) is 25.5 Å². The topological polar surface area (TPSA) is 110 Å². The van der Waals surface area contributed by atoms with Gasteiger partial charge in [-0.05, 0) is 31.4 Å². The molecule has 1 unspecified atom stereocenters. The first-order chi connectivity index (χ1) is 11.7. The number of carbonyl (C=O) groups is 1. The number of carbonyl (C=O) groups excluding carboxylic acids is 1. The van der Waals surface area contributed by atoms with E-state index in [4.69, 9.17) is 0 Å². The number of rotatable bonds is 6. The Morgan fingerprint density at radius 1 is 1.44 bits per heavy atom. The van der Waals surface area contributed by atoms with E-state index >= 15 is 0 Å². The van der Waals surface area contributed by atoms with Crippen molar-refractivity contribution in [3.63, 3.8) is 0 Å². The Kier molecular flexibility index (Phi) is 5.99. The summed E-state index contributed by atoms with van der Waals surface area (Å²) in [5.74, 6) is -0.172. The van der Waals surface area contributed by atoms with Crippen LogP contribution in [0.2, 0.25) is 0 Å². The summed E-state index contributed by atoms with van der Waals surface area (Å²) in [4.78, 5) is 24.2. The van der Waals surface area contributed by atoms with Gasteiger partial charge in [0.2, 0.25) is 5.91 Å². The van der Waals surface area contributed by atoms with E-state index in [1.54, 1.807) is 6.07 Å². The molecule has 2 rings (SSSR count). The number of hydrogen-bond donors (Lipinski definition) is 1. The second-order valence-corrected chi connectivity index (χ2v) is 8.24. The molecule has 1 N–H and O–H groups in total. The second kappa shape index (κ2) is 7.81. The van der Waals surface area contributed by atoms with E-state index in [9.17, 15) is 23.3 Å². The first-order valence-corrected chi connectivity index (χ1v) is 10.1. The fourth-order valence-electron chi connectivity index (χ4n) is 2.97. The molecule has 0 bridgehead atoms. The molecule has 1 aromatic rings. The maximum Gasteiger partial charge on any atom is 0.288 e. The van der Waals surface area contributed by atoms with Crippen molar-refractivity contribution < 1.29 is 18.1 Å². The van der Waals surface area contributed by atoms with Crippen LogP contribution in [0.25, 0.3) is 0 Å². The van der Waals surface area contributed by atoms with E-state index in [-0.39, 0.29) is 16.7 Å². The molecule has 1 fully saturated rings. The summed E-state index contributed by atoms with van der Waals surface area (Å²) >= 11 is 0. The van der Waals surface area contributed by atoms with Crippen molar-refractivity contribution in [2.45, 2.75) is 31.1 Å². The van der Waals surface area contributed by atoms with Gasteiger partial charge in [-0.25, -0.2) is 8.42 Å². The number of anilines is 1. The number of nitro benzene ring substituents is 1. The normalized spacial score (nSPS) is 18.0. The predicted octanol–water partition coefficient (Wildman–Crippen LogP) is 1.74. The molecule has 1 aliphatic heterocycles. The van der Waals surface area contributed by atoms with E-state index in [2.05, 4.69) is 5.32 Å². The summed E-state index contributed by atoms with van der Waals surface area (Å²) in [6.45, 7) is 3.76. The molecule has 9 heteroatoms. The van der Waals surface area contributed by atoms with E-state index < -0.39 is 20.4 Å². The van der Waals surface area contributed by atoms with E-state index in [1.165, 1.54) is 12.1 Å². The lowest BCUT2D eigenvalue weighted by molar-refractivity contribution is -0.387. The Bertz CT molecular complexity index is 763. The molecule has 0 aromatic heterocycles. The maximum absolute atomic E-state index is 12.2. The van der Waals surface area contributed by atoms with Gasteiger partial charge < -0.3 is 10.2 Å². The Hall–Kier alpha value is -2.16. The molecule has 1 aromatic carbocycles. The van der Waals surface area contributed by atoms with Gasteiger partial charge >= 0.3 is 0 Å². The number of nitrogens with one attached hydrogen (secondary N) is 1. The van der Waals surface area contributed by atoms with Gasteiger partial charge in [0, 0.05) is 37.6 Å². The minimum Gasteiger partial charge on any atom is -0.371 e. The van der Waals surface area contributed by atoms with Crippen molar-refractivity contribution in [1.29, 1.82) is 0 Å². The minimum atomic E-state index is -3.73. The first-order valence-electron chi connectivity index (χ1n) is 8.25. The quantitative estimate of drug-likeness (QED) is 0.604. The van der Waals surface area contributed by atoms with Crippen LogP contribution in [0.1, 0.15) is 26.2 Å². The summed E-state index contributed by atoms with van der Waals surface area (Å²) in [5, 5.41) is 14.0. The van der Waals surface area contributed by atoms with Crippen LogP contribution in [0.15, 0.2) is 23.1 Å². The van der Waals surface area contributed by atoms with Crippen molar-refractivity contribution in [2.75, 3.05) is 30.8 Å². The molecule has 8 nitrogen and oxygen atoms in total. The van der Waals surface area contributed by atoms with Gasteiger partial charge in [0.25, 0.3) is 5.69 Å². The van der Waals surface area contributed by atoms with Gasteiger partial charge in [0.1, 0.15) is 4.90 Å². The molecule has 1 aliphatic rings. The molecule has 1 heterocycles. The Morgan fingerprint density at radius 2 is 2.16 bits per heavy atom. The Balaban J connectivity index is 2.26. The van der Waals surface area contributed by atoms with Crippen molar-refractivity contribution in [1.82, 2.24) is 5.32 Å². The Labute approximate surface area is 147 Å². The van der Waals surface area contributed by atoms with Gasteiger partial charge in [-0.2, -0.15) is 0 Å². The lowest BCUT2D eigenvalue weighted by Gasteiger charge is -2.33. The molecule has 138 valence electrons. The molecule has 1 amide bonds. The van der Waals surface area contributed by atoms with Crippen molar-refractivity contribution in [2.24, 2.45) is 5.92 Å². The Morgan fingerprint density at radius 3 is 2.76 bits per heavy atom. The van der Waals surface area contributed by atoms with Crippen molar-refractivity contribution >= 4 is 27.1 Å². The standard InChI is InChI=1S/C16H23N3O5S/c1-3-8-17-16(20)12-5-4-9-18(11-12)13-6-7-14(19(21)22)15(10-13)25(2,23)24/h6-7,10,12H,3-5,8-9,11H2,1-2H3,(H,17,20). The molecular weight excluding hydrogens is 346 g/mol. The summed E-state index contributed by atoms with van der Waals surface area (Å²) in [5.41, 5.74) is 0.152. The van der Waals surface area contributed by atoms with Crippen LogP contribution >= 0.6 is 0 Å². The average molecular weight is 369 g/mol. The van der Waals surface area contributed by atoms with Gasteiger partial charge in [0.15, 0.2) is 9.84 Å². The van der Waals surface area contributed by atoms with Gasteiger partial charge in [0.05, 0.1) is 10.8 Å². The molecule has 0 spiro atoms. The number of nitro groups is 1. The van der Waals surface area contributed by atoms with E-state index in [1.807, 2.05) is 11.8 Å². The zero-order valence-corrected chi connectivity index (χ0v) is 15.2. The number of benzene rings is 1. The highest BCUT2D eigenvalue weighted by molar-refractivity contribution is 7.90. The van der Waals surface area contributed by atoms with E-state index in [0.29, 0.717) is 25.3 Å². The smallest absolute Gasteiger partial charge is 0.288 e. The number of hydrogen-bond acceptors (Lipinski definition) is 6. The van der Waals surface area contributed by atoms with Crippen molar-refractivity contribution in [3.05, 3.63) is 28.3 Å². The van der Waals surface area contributed by atoms with Crippen molar-refractivity contribution in [3.8, 4) is 0 Å². The highest BCUT2D eigenvalue weighted by atomic mass is 32.2. The summed E-state index contributed by atoms with van der Waals surface area (Å²) in [6.07, 6.45) is 3.39. The molecular formula is C16H23N3O5S. The zero-order valence-electron chi connectivity index (χ0n) is 14.4. The minimum absolute atomic E-state index is 0.00296. The first kappa shape index (κ1) is 19.2. The fourth-order valence-corrected chi connectivity index (χ4v) is 3.82. The van der Waals surface area contributed by atoms with Crippen LogP contribution < -0.4 is 10.2 Å². The summed E-state index contributed by atoms with van der Waals surface area (Å²) in [7, 11) is -3.73. The third-order valence-corrected chi connectivity index (χ3v) is 5.37. The maximum atomic E-state index is 12.2. The third-order valence-electron chi connectivity index (χ3n) is 4.25. The molecule has 25 heavy (non-hydrogen) atoms. The molecule has 1 saturated heterocycles. The highest BCUT2D eigenvalue weighted by Crippen LogP contribution is 2.31. The monoisotopic (exact) mass is 369 g/mol. The van der Waals surface area contributed by atoms with Crippen LogP contribution in [-0.4, -0.2) is 45.1 Å². The zero-order chi connectivity index (χ0) is 18.6. The predicted molar refractivity (Wildman–Crippen MR) is 94.4 cm³/mol. The second-order valence-electron chi connectivity index (χ2n) is 6.26. The van der Waals surface area contributed by atoms with Crippen LogP contribution in [0.3, 0.4) is 0 Å². The lowest BCUT2D eigenvalue weighted by Crippen LogP contribution is -2.43. The fraction of sp³-hybridized carbons (Fsp3) is 0.562. The number of nitrogens with zero attached hydrogens (tertiary/aromatic N) is 2. The van der Waals surface area contributed by atoms with Crippen LogP contribution in [0.5, 0.6) is 0 Å². The molecule has 0 aliphatic carbocycles. The summed E-state index contributed by atoms with van der Waals surface area (Å²) in [6, 6.07) is 4.09.